The van der Waals surface area contributed by atoms with Gasteiger partial charge in [0.05, 0.1) is 11.9 Å². The van der Waals surface area contributed by atoms with E-state index in [0.29, 0.717) is 16.5 Å². The van der Waals surface area contributed by atoms with Crippen LogP contribution in [-0.2, 0) is 0 Å². The molecule has 0 radical (unpaired) electrons. The number of anilines is 1. The molecule has 4 heteroatoms. The number of fused-ring (bicyclic) bond motifs is 1. The predicted molar refractivity (Wildman–Crippen MR) is 70.1 cm³/mol. The third-order valence-corrected chi connectivity index (χ3v) is 2.98. The molecule has 3 rings (SSSR count). The van der Waals surface area contributed by atoms with E-state index in [1.54, 1.807) is 10.6 Å². The van der Waals surface area contributed by atoms with Gasteiger partial charge in [0.25, 0.3) is 0 Å². The Labute approximate surface area is 103 Å². The predicted octanol–water partition coefficient (Wildman–Crippen LogP) is 3.24. The van der Waals surface area contributed by atoms with Crippen molar-refractivity contribution in [2.45, 2.75) is 0 Å². The van der Waals surface area contributed by atoms with E-state index in [1.807, 2.05) is 42.6 Å². The molecule has 0 atom stereocenters. The topological polar surface area (TPSA) is 43.3 Å². The largest absolute Gasteiger partial charge is 0.396 e. The summed E-state index contributed by atoms with van der Waals surface area (Å²) >= 11 is 6.05. The van der Waals surface area contributed by atoms with E-state index in [2.05, 4.69) is 4.98 Å². The summed E-state index contributed by atoms with van der Waals surface area (Å²) in [5.74, 6) is 0. The van der Waals surface area contributed by atoms with Gasteiger partial charge in [0.15, 0.2) is 5.65 Å². The van der Waals surface area contributed by atoms with Crippen molar-refractivity contribution < 1.29 is 0 Å². The Kier molecular flexibility index (Phi) is 2.27. The Hall–Kier alpha value is -2.00. The van der Waals surface area contributed by atoms with Crippen LogP contribution in [0.4, 0.5) is 5.69 Å². The lowest BCUT2D eigenvalue weighted by molar-refractivity contribution is 1.19. The Morgan fingerprint density at radius 1 is 1.12 bits per heavy atom. The Morgan fingerprint density at radius 3 is 2.65 bits per heavy atom. The maximum atomic E-state index is 6.05. The van der Waals surface area contributed by atoms with E-state index in [9.17, 15) is 0 Å². The molecular weight excluding hydrogens is 234 g/mol. The molecular formula is C13H10ClN3. The summed E-state index contributed by atoms with van der Waals surface area (Å²) in [4.78, 5) is 4.16. The van der Waals surface area contributed by atoms with Gasteiger partial charge < -0.3 is 5.73 Å². The van der Waals surface area contributed by atoms with Gasteiger partial charge >= 0.3 is 0 Å². The van der Waals surface area contributed by atoms with Crippen molar-refractivity contribution in [2.24, 2.45) is 0 Å². The van der Waals surface area contributed by atoms with Crippen LogP contribution in [0.5, 0.6) is 0 Å². The molecule has 84 valence electrons. The number of nitrogens with zero attached hydrogens (tertiary/aromatic N) is 2. The fourth-order valence-electron chi connectivity index (χ4n) is 1.87. The summed E-state index contributed by atoms with van der Waals surface area (Å²) in [6.45, 7) is 0. The minimum absolute atomic E-state index is 0.560. The number of benzene rings is 1. The average Bonchev–Trinajstić information content (AvgIpc) is 2.73. The van der Waals surface area contributed by atoms with E-state index in [0.717, 1.165) is 11.1 Å². The first-order valence-electron chi connectivity index (χ1n) is 5.23. The van der Waals surface area contributed by atoms with Crippen molar-refractivity contribution in [1.29, 1.82) is 0 Å². The molecule has 0 spiro atoms. The lowest BCUT2D eigenvalue weighted by Gasteiger charge is -2.05. The number of nitrogens with two attached hydrogens (primary N) is 1. The normalized spacial score (nSPS) is 10.9. The van der Waals surface area contributed by atoms with Crippen molar-refractivity contribution in [3.8, 4) is 11.1 Å². The van der Waals surface area contributed by atoms with E-state index in [4.69, 9.17) is 17.3 Å². The second-order valence-electron chi connectivity index (χ2n) is 3.82. The molecule has 0 unspecified atom stereocenters. The quantitative estimate of drug-likeness (QED) is 0.713. The Morgan fingerprint density at radius 2 is 1.88 bits per heavy atom. The number of aromatic nitrogens is 2. The molecule has 0 aliphatic carbocycles. The number of imidazole rings is 1. The zero-order chi connectivity index (χ0) is 11.8. The molecule has 3 aromatic rings. The lowest BCUT2D eigenvalue weighted by atomic mass is 10.1. The first-order valence-corrected chi connectivity index (χ1v) is 5.61. The van der Waals surface area contributed by atoms with Crippen LogP contribution in [0.25, 0.3) is 16.8 Å². The molecule has 17 heavy (non-hydrogen) atoms. The third-order valence-electron chi connectivity index (χ3n) is 2.70. The van der Waals surface area contributed by atoms with Crippen LogP contribution in [0.1, 0.15) is 0 Å². The van der Waals surface area contributed by atoms with Gasteiger partial charge in [0.2, 0.25) is 0 Å². The first-order chi connectivity index (χ1) is 8.25. The van der Waals surface area contributed by atoms with Gasteiger partial charge in [-0.05, 0) is 11.6 Å². The van der Waals surface area contributed by atoms with Crippen molar-refractivity contribution in [2.75, 3.05) is 5.73 Å². The molecule has 0 amide bonds. The molecule has 2 N–H and O–H groups in total. The van der Waals surface area contributed by atoms with Gasteiger partial charge in [-0.1, -0.05) is 41.9 Å². The van der Waals surface area contributed by atoms with Gasteiger partial charge in [-0.25, -0.2) is 4.98 Å². The molecule has 0 bridgehead atoms. The fourth-order valence-corrected chi connectivity index (χ4v) is 2.05. The summed E-state index contributed by atoms with van der Waals surface area (Å²) in [5, 5.41) is 0.560. The van der Waals surface area contributed by atoms with E-state index >= 15 is 0 Å². The standard InChI is InChI=1S/C13H10ClN3/c14-12-7-16-13-11(15)6-10(8-17(12)13)9-4-2-1-3-5-9/h1-8H,15H2. The third kappa shape index (κ3) is 1.65. The molecule has 0 saturated carbocycles. The zero-order valence-corrected chi connectivity index (χ0v) is 9.72. The minimum Gasteiger partial charge on any atom is -0.396 e. The molecule has 0 saturated heterocycles. The van der Waals surface area contributed by atoms with Gasteiger partial charge in [-0.2, -0.15) is 0 Å². The van der Waals surface area contributed by atoms with Crippen molar-refractivity contribution >= 4 is 22.9 Å². The van der Waals surface area contributed by atoms with Crippen LogP contribution in [0.15, 0.2) is 48.8 Å². The highest BCUT2D eigenvalue weighted by atomic mass is 35.5. The number of rotatable bonds is 1. The van der Waals surface area contributed by atoms with Gasteiger partial charge in [0.1, 0.15) is 5.15 Å². The zero-order valence-electron chi connectivity index (χ0n) is 8.97. The number of pyridine rings is 1. The number of halogens is 1. The summed E-state index contributed by atoms with van der Waals surface area (Å²) in [6, 6.07) is 11.9. The van der Waals surface area contributed by atoms with Crippen LogP contribution in [0.2, 0.25) is 5.15 Å². The molecule has 2 aromatic heterocycles. The molecule has 3 nitrogen and oxygen atoms in total. The smallest absolute Gasteiger partial charge is 0.161 e. The van der Waals surface area contributed by atoms with Gasteiger partial charge in [-0.15, -0.1) is 0 Å². The van der Waals surface area contributed by atoms with Crippen molar-refractivity contribution in [3.05, 3.63) is 53.9 Å². The van der Waals surface area contributed by atoms with Crippen LogP contribution in [0, 0.1) is 0 Å². The maximum Gasteiger partial charge on any atom is 0.161 e. The summed E-state index contributed by atoms with van der Waals surface area (Å²) < 4.78 is 1.79. The fraction of sp³-hybridized carbons (Fsp3) is 0. The first kappa shape index (κ1) is 10.2. The van der Waals surface area contributed by atoms with Crippen LogP contribution in [-0.4, -0.2) is 9.38 Å². The van der Waals surface area contributed by atoms with Crippen LogP contribution < -0.4 is 5.73 Å². The van der Waals surface area contributed by atoms with Gasteiger partial charge in [0, 0.05) is 11.8 Å². The molecule has 1 aromatic carbocycles. The van der Waals surface area contributed by atoms with E-state index in [1.165, 1.54) is 0 Å². The molecule has 0 fully saturated rings. The number of hydrogen-bond donors (Lipinski definition) is 1. The highest BCUT2D eigenvalue weighted by molar-refractivity contribution is 6.29. The second kappa shape index (κ2) is 3.79. The minimum atomic E-state index is 0.560. The lowest BCUT2D eigenvalue weighted by Crippen LogP contribution is -1.94. The monoisotopic (exact) mass is 243 g/mol. The second-order valence-corrected chi connectivity index (χ2v) is 4.21. The highest BCUT2D eigenvalue weighted by Crippen LogP contribution is 2.26. The summed E-state index contributed by atoms with van der Waals surface area (Å²) in [6.07, 6.45) is 3.54. The summed E-state index contributed by atoms with van der Waals surface area (Å²) in [7, 11) is 0. The Balaban J connectivity index is 2.28. The highest BCUT2D eigenvalue weighted by Gasteiger charge is 2.07. The Bertz CT molecular complexity index is 674. The average molecular weight is 244 g/mol. The van der Waals surface area contributed by atoms with E-state index < -0.39 is 0 Å². The number of nitrogen functional groups attached to an aromatic ring is 1. The van der Waals surface area contributed by atoms with Gasteiger partial charge in [-0.3, -0.25) is 4.40 Å². The summed E-state index contributed by atoms with van der Waals surface area (Å²) in [5.41, 5.74) is 9.40. The SMILES string of the molecule is Nc1cc(-c2ccccc2)cn2c(Cl)cnc12. The molecule has 0 aliphatic heterocycles. The number of hydrogen-bond acceptors (Lipinski definition) is 2. The molecule has 2 heterocycles. The van der Waals surface area contributed by atoms with E-state index in [-0.39, 0.29) is 0 Å². The van der Waals surface area contributed by atoms with Crippen molar-refractivity contribution in [3.63, 3.8) is 0 Å². The maximum absolute atomic E-state index is 6.05. The van der Waals surface area contributed by atoms with Crippen molar-refractivity contribution in [1.82, 2.24) is 9.38 Å². The van der Waals surface area contributed by atoms with Crippen LogP contribution >= 0.6 is 11.6 Å². The van der Waals surface area contributed by atoms with Crippen LogP contribution in [0.3, 0.4) is 0 Å². The molecule has 0 aliphatic rings.